The van der Waals surface area contributed by atoms with Gasteiger partial charge in [0.05, 0.1) is 26.4 Å². The van der Waals surface area contributed by atoms with Gasteiger partial charge in [-0.25, -0.2) is 0 Å². The van der Waals surface area contributed by atoms with E-state index in [-0.39, 0.29) is 0 Å². The highest BCUT2D eigenvalue weighted by Gasteiger charge is 2.19. The van der Waals surface area contributed by atoms with E-state index in [1.165, 1.54) is 19.3 Å². The summed E-state index contributed by atoms with van der Waals surface area (Å²) in [6.45, 7) is 10.5. The Kier molecular flexibility index (Phi) is 7.90. The van der Waals surface area contributed by atoms with Crippen LogP contribution < -0.4 is 20.4 Å². The third-order valence-corrected chi connectivity index (χ3v) is 6.00. The van der Waals surface area contributed by atoms with Gasteiger partial charge in [0, 0.05) is 58.4 Å². The van der Waals surface area contributed by atoms with Crippen LogP contribution in [0.5, 0.6) is 0 Å². The van der Waals surface area contributed by atoms with E-state index in [1.807, 2.05) is 0 Å². The molecule has 4 rings (SSSR count). The Morgan fingerprint density at radius 1 is 0.867 bits per heavy atom. The number of nitrogens with one attached hydrogen (secondary N) is 2. The molecule has 2 N–H and O–H groups in total. The molecule has 0 aliphatic carbocycles. The Bertz CT molecular complexity index is 653. The van der Waals surface area contributed by atoms with Crippen molar-refractivity contribution in [2.45, 2.75) is 19.3 Å². The van der Waals surface area contributed by atoms with Crippen LogP contribution >= 0.6 is 12.2 Å². The first-order valence-corrected chi connectivity index (χ1v) is 11.5. The standard InChI is InChI=1S/C20H33N7O2S/c30-20(21-4-7-25-8-12-28-13-9-25)24-19-22-17(26-5-2-1-3-6-26)16-18(23-19)27-10-14-29-15-11-27/h16H,1-15H2,(H2,21,22,23,24,30). The summed E-state index contributed by atoms with van der Waals surface area (Å²) in [5, 5.41) is 7.06. The number of nitrogens with zero attached hydrogens (tertiary/aromatic N) is 5. The van der Waals surface area contributed by atoms with E-state index < -0.39 is 0 Å². The summed E-state index contributed by atoms with van der Waals surface area (Å²) in [6.07, 6.45) is 3.71. The van der Waals surface area contributed by atoms with E-state index in [9.17, 15) is 0 Å². The average Bonchev–Trinajstić information content (AvgIpc) is 2.81. The molecule has 0 radical (unpaired) electrons. The second-order valence-electron chi connectivity index (χ2n) is 7.89. The quantitative estimate of drug-likeness (QED) is 0.630. The van der Waals surface area contributed by atoms with Crippen molar-refractivity contribution in [3.05, 3.63) is 6.07 Å². The van der Waals surface area contributed by atoms with Gasteiger partial charge in [-0.05, 0) is 31.5 Å². The predicted octanol–water partition coefficient (Wildman–Crippen LogP) is 0.922. The van der Waals surface area contributed by atoms with Gasteiger partial charge in [0.2, 0.25) is 5.95 Å². The Labute approximate surface area is 184 Å². The molecule has 30 heavy (non-hydrogen) atoms. The molecule has 0 atom stereocenters. The summed E-state index contributed by atoms with van der Waals surface area (Å²) >= 11 is 5.51. The van der Waals surface area contributed by atoms with Gasteiger partial charge in [-0.2, -0.15) is 9.97 Å². The molecule has 9 nitrogen and oxygen atoms in total. The van der Waals surface area contributed by atoms with Crippen LogP contribution in [0.4, 0.5) is 17.6 Å². The van der Waals surface area contributed by atoms with E-state index in [4.69, 9.17) is 31.7 Å². The van der Waals surface area contributed by atoms with Crippen LogP contribution in [0.25, 0.3) is 0 Å². The monoisotopic (exact) mass is 435 g/mol. The molecule has 0 unspecified atom stereocenters. The molecule has 0 spiro atoms. The van der Waals surface area contributed by atoms with Crippen molar-refractivity contribution in [2.24, 2.45) is 0 Å². The van der Waals surface area contributed by atoms with E-state index >= 15 is 0 Å². The van der Waals surface area contributed by atoms with Crippen molar-refractivity contribution >= 4 is 34.9 Å². The minimum atomic E-state index is 0.559. The van der Waals surface area contributed by atoms with Crippen LogP contribution in [0.1, 0.15) is 19.3 Å². The van der Waals surface area contributed by atoms with E-state index in [0.29, 0.717) is 11.1 Å². The van der Waals surface area contributed by atoms with Crippen LogP contribution in [0, 0.1) is 0 Å². The highest BCUT2D eigenvalue weighted by Crippen LogP contribution is 2.24. The molecule has 3 fully saturated rings. The maximum Gasteiger partial charge on any atom is 0.232 e. The smallest absolute Gasteiger partial charge is 0.232 e. The minimum Gasteiger partial charge on any atom is -0.379 e. The van der Waals surface area contributed by atoms with E-state index in [0.717, 1.165) is 90.4 Å². The molecular weight excluding hydrogens is 402 g/mol. The van der Waals surface area contributed by atoms with Crippen LogP contribution in [0.2, 0.25) is 0 Å². The average molecular weight is 436 g/mol. The van der Waals surface area contributed by atoms with Gasteiger partial charge in [-0.15, -0.1) is 0 Å². The molecule has 0 aromatic carbocycles. The number of hydrogen-bond donors (Lipinski definition) is 2. The number of rotatable bonds is 6. The molecule has 10 heteroatoms. The number of ether oxygens (including phenoxy) is 2. The second-order valence-corrected chi connectivity index (χ2v) is 8.30. The molecule has 4 heterocycles. The summed E-state index contributed by atoms with van der Waals surface area (Å²) in [5.74, 6) is 2.47. The Hall–Kier alpha value is -1.75. The summed E-state index contributed by atoms with van der Waals surface area (Å²) < 4.78 is 10.9. The second kappa shape index (κ2) is 11.0. The van der Waals surface area contributed by atoms with Gasteiger partial charge >= 0.3 is 0 Å². The van der Waals surface area contributed by atoms with Crippen molar-refractivity contribution in [1.29, 1.82) is 0 Å². The van der Waals surface area contributed by atoms with Gasteiger partial charge in [-0.3, -0.25) is 4.90 Å². The molecule has 0 saturated carbocycles. The predicted molar refractivity (Wildman–Crippen MR) is 123 cm³/mol. The molecule has 1 aromatic rings. The van der Waals surface area contributed by atoms with Crippen molar-refractivity contribution in [3.63, 3.8) is 0 Å². The van der Waals surface area contributed by atoms with E-state index in [1.54, 1.807) is 0 Å². The number of anilines is 3. The zero-order valence-corrected chi connectivity index (χ0v) is 18.5. The van der Waals surface area contributed by atoms with Gasteiger partial charge < -0.3 is 29.9 Å². The minimum absolute atomic E-state index is 0.559. The fraction of sp³-hybridized carbons (Fsp3) is 0.750. The van der Waals surface area contributed by atoms with E-state index in [2.05, 4.69) is 31.4 Å². The molecule has 0 amide bonds. The number of piperidine rings is 1. The van der Waals surface area contributed by atoms with Gasteiger partial charge in [0.25, 0.3) is 0 Å². The number of aromatic nitrogens is 2. The maximum atomic E-state index is 5.51. The summed E-state index contributed by atoms with van der Waals surface area (Å²) in [5.41, 5.74) is 0. The third-order valence-electron chi connectivity index (χ3n) is 5.76. The lowest BCUT2D eigenvalue weighted by molar-refractivity contribution is 0.0389. The lowest BCUT2D eigenvalue weighted by Gasteiger charge is -2.31. The van der Waals surface area contributed by atoms with Crippen molar-refractivity contribution in [2.75, 3.05) is 93.9 Å². The molecule has 166 valence electrons. The molecule has 3 aliphatic heterocycles. The summed E-state index contributed by atoms with van der Waals surface area (Å²) in [6, 6.07) is 2.11. The topological polar surface area (TPSA) is 78.0 Å². The van der Waals surface area contributed by atoms with Crippen molar-refractivity contribution < 1.29 is 9.47 Å². The third kappa shape index (κ3) is 6.13. The lowest BCUT2D eigenvalue weighted by atomic mass is 10.1. The number of thiocarbonyl (C=S) groups is 1. The Morgan fingerprint density at radius 3 is 2.13 bits per heavy atom. The van der Waals surface area contributed by atoms with Crippen LogP contribution in [0.3, 0.4) is 0 Å². The van der Waals surface area contributed by atoms with Crippen molar-refractivity contribution in [3.8, 4) is 0 Å². The number of hydrogen-bond acceptors (Lipinski definition) is 8. The number of morpholine rings is 2. The SMILES string of the molecule is S=C(NCCN1CCOCC1)Nc1nc(N2CCCCC2)cc(N2CCOCC2)n1. The fourth-order valence-electron chi connectivity index (χ4n) is 4.02. The molecular formula is C20H33N7O2S. The normalized spacial score (nSPS) is 20.8. The molecule has 0 bridgehead atoms. The van der Waals surface area contributed by atoms with Gasteiger partial charge in [0.1, 0.15) is 11.6 Å². The van der Waals surface area contributed by atoms with Crippen LogP contribution in [0.15, 0.2) is 6.07 Å². The van der Waals surface area contributed by atoms with Crippen LogP contribution in [-0.4, -0.2) is 98.8 Å². The molecule has 3 saturated heterocycles. The zero-order valence-electron chi connectivity index (χ0n) is 17.6. The Morgan fingerprint density at radius 2 is 1.47 bits per heavy atom. The van der Waals surface area contributed by atoms with Crippen molar-refractivity contribution in [1.82, 2.24) is 20.2 Å². The lowest BCUT2D eigenvalue weighted by Crippen LogP contribution is -2.42. The van der Waals surface area contributed by atoms with Crippen LogP contribution in [-0.2, 0) is 9.47 Å². The summed E-state index contributed by atoms with van der Waals surface area (Å²) in [4.78, 5) is 16.5. The van der Waals surface area contributed by atoms with Gasteiger partial charge in [0.15, 0.2) is 5.11 Å². The molecule has 1 aromatic heterocycles. The zero-order chi connectivity index (χ0) is 20.6. The summed E-state index contributed by atoms with van der Waals surface area (Å²) in [7, 11) is 0. The first-order valence-electron chi connectivity index (χ1n) is 11.1. The fourth-order valence-corrected chi connectivity index (χ4v) is 4.21. The highest BCUT2D eigenvalue weighted by molar-refractivity contribution is 7.80. The molecule has 3 aliphatic rings. The Balaban J connectivity index is 1.39. The van der Waals surface area contributed by atoms with Gasteiger partial charge in [-0.1, -0.05) is 0 Å². The maximum absolute atomic E-state index is 5.51. The highest BCUT2D eigenvalue weighted by atomic mass is 32.1. The largest absolute Gasteiger partial charge is 0.379 e. The first kappa shape index (κ1) is 21.5. The first-order chi connectivity index (χ1) is 14.8.